The summed E-state index contributed by atoms with van der Waals surface area (Å²) in [5.74, 6) is -0.459. The number of rotatable bonds is 4. The first kappa shape index (κ1) is 12.9. The third kappa shape index (κ3) is 2.91. The van der Waals surface area contributed by atoms with Crippen molar-refractivity contribution in [2.24, 2.45) is 5.73 Å². The summed E-state index contributed by atoms with van der Waals surface area (Å²) in [4.78, 5) is 21.8. The number of nitro benzene ring substituents is 1. The standard InChI is InChI=1S/C10H14N4O3/c1-6-4-7(10(15)13-3-2-11)9(12)8(5-6)14(16)17/h4-5H,2-3,11-12H2,1H3,(H,13,15). The molecule has 5 N–H and O–H groups in total. The molecule has 0 saturated heterocycles. The summed E-state index contributed by atoms with van der Waals surface area (Å²) in [6.45, 7) is 2.24. The molecule has 1 aromatic rings. The van der Waals surface area contributed by atoms with Crippen LogP contribution in [0.15, 0.2) is 12.1 Å². The van der Waals surface area contributed by atoms with E-state index in [1.165, 1.54) is 12.1 Å². The summed E-state index contributed by atoms with van der Waals surface area (Å²) in [5.41, 5.74) is 11.2. The Balaban J connectivity index is 3.15. The van der Waals surface area contributed by atoms with Gasteiger partial charge in [-0.05, 0) is 18.6 Å². The number of aryl methyl sites for hydroxylation is 1. The molecule has 7 heteroatoms. The van der Waals surface area contributed by atoms with Crippen LogP contribution >= 0.6 is 0 Å². The van der Waals surface area contributed by atoms with E-state index in [9.17, 15) is 14.9 Å². The van der Waals surface area contributed by atoms with Crippen molar-refractivity contribution in [1.29, 1.82) is 0 Å². The van der Waals surface area contributed by atoms with Crippen molar-refractivity contribution in [3.05, 3.63) is 33.4 Å². The van der Waals surface area contributed by atoms with Gasteiger partial charge in [-0.15, -0.1) is 0 Å². The number of nitrogens with zero attached hydrogens (tertiary/aromatic N) is 1. The van der Waals surface area contributed by atoms with Crippen LogP contribution in [0.1, 0.15) is 15.9 Å². The van der Waals surface area contributed by atoms with Gasteiger partial charge in [-0.3, -0.25) is 14.9 Å². The monoisotopic (exact) mass is 238 g/mol. The minimum absolute atomic E-state index is 0.102. The first-order chi connectivity index (χ1) is 7.97. The topological polar surface area (TPSA) is 124 Å². The fourth-order valence-corrected chi connectivity index (χ4v) is 1.40. The fraction of sp³-hybridized carbons (Fsp3) is 0.300. The van der Waals surface area contributed by atoms with Crippen molar-refractivity contribution >= 4 is 17.3 Å². The molecule has 0 aliphatic heterocycles. The molecule has 7 nitrogen and oxygen atoms in total. The maximum Gasteiger partial charge on any atom is 0.293 e. The largest absolute Gasteiger partial charge is 0.393 e. The van der Waals surface area contributed by atoms with Crippen LogP contribution in [0.2, 0.25) is 0 Å². The van der Waals surface area contributed by atoms with Crippen LogP contribution in [0.4, 0.5) is 11.4 Å². The van der Waals surface area contributed by atoms with E-state index < -0.39 is 10.8 Å². The number of hydrogen-bond acceptors (Lipinski definition) is 5. The van der Waals surface area contributed by atoms with E-state index in [1.807, 2.05) is 0 Å². The summed E-state index contributed by atoms with van der Waals surface area (Å²) < 4.78 is 0. The molecule has 0 bridgehead atoms. The number of nitrogens with one attached hydrogen (secondary N) is 1. The molecule has 0 aliphatic carbocycles. The summed E-state index contributed by atoms with van der Waals surface area (Å²) in [7, 11) is 0. The van der Waals surface area contributed by atoms with Crippen molar-refractivity contribution in [1.82, 2.24) is 5.32 Å². The number of nitrogens with two attached hydrogens (primary N) is 2. The third-order valence-electron chi connectivity index (χ3n) is 2.17. The molecule has 0 unspecified atom stereocenters. The highest BCUT2D eigenvalue weighted by Gasteiger charge is 2.19. The smallest absolute Gasteiger partial charge is 0.293 e. The Bertz CT molecular complexity index is 459. The van der Waals surface area contributed by atoms with E-state index >= 15 is 0 Å². The summed E-state index contributed by atoms with van der Waals surface area (Å²) in [6.07, 6.45) is 0. The van der Waals surface area contributed by atoms with Gasteiger partial charge in [0.1, 0.15) is 5.69 Å². The van der Waals surface area contributed by atoms with Gasteiger partial charge in [-0.1, -0.05) is 0 Å². The Hall–Kier alpha value is -2.15. The molecule has 0 saturated carbocycles. The van der Waals surface area contributed by atoms with Crippen molar-refractivity contribution in [3.8, 4) is 0 Å². The van der Waals surface area contributed by atoms with Crippen LogP contribution in [-0.4, -0.2) is 23.9 Å². The molecule has 0 fully saturated rings. The first-order valence-corrected chi connectivity index (χ1v) is 5.00. The summed E-state index contributed by atoms with van der Waals surface area (Å²) in [5, 5.41) is 13.3. The van der Waals surface area contributed by atoms with E-state index in [0.29, 0.717) is 18.7 Å². The molecule has 0 aliphatic rings. The van der Waals surface area contributed by atoms with Gasteiger partial charge in [0.2, 0.25) is 0 Å². The molecule has 92 valence electrons. The zero-order chi connectivity index (χ0) is 13.0. The number of benzene rings is 1. The van der Waals surface area contributed by atoms with Crippen molar-refractivity contribution < 1.29 is 9.72 Å². The van der Waals surface area contributed by atoms with Crippen molar-refractivity contribution in [2.75, 3.05) is 18.8 Å². The van der Waals surface area contributed by atoms with Gasteiger partial charge in [0.15, 0.2) is 0 Å². The first-order valence-electron chi connectivity index (χ1n) is 5.00. The maximum atomic E-state index is 11.7. The summed E-state index contributed by atoms with van der Waals surface area (Å²) >= 11 is 0. The maximum absolute atomic E-state index is 11.7. The lowest BCUT2D eigenvalue weighted by Crippen LogP contribution is -2.29. The molecular formula is C10H14N4O3. The minimum Gasteiger partial charge on any atom is -0.393 e. The fourth-order valence-electron chi connectivity index (χ4n) is 1.40. The Morgan fingerprint density at radius 1 is 1.53 bits per heavy atom. The van der Waals surface area contributed by atoms with E-state index in [-0.39, 0.29) is 16.9 Å². The number of carbonyl (C=O) groups is 1. The SMILES string of the molecule is Cc1cc(C(=O)NCCN)c(N)c([N+](=O)[O-])c1. The van der Waals surface area contributed by atoms with Gasteiger partial charge in [0.05, 0.1) is 10.5 Å². The molecular weight excluding hydrogens is 224 g/mol. The molecule has 0 heterocycles. The Morgan fingerprint density at radius 3 is 2.71 bits per heavy atom. The second-order valence-corrected chi connectivity index (χ2v) is 3.55. The lowest BCUT2D eigenvalue weighted by atomic mass is 10.1. The number of hydrogen-bond donors (Lipinski definition) is 3. The van der Waals surface area contributed by atoms with Crippen molar-refractivity contribution in [2.45, 2.75) is 6.92 Å². The lowest BCUT2D eigenvalue weighted by Gasteiger charge is -2.08. The molecule has 1 rings (SSSR count). The quantitative estimate of drug-likeness (QED) is 0.392. The predicted octanol–water partition coefficient (Wildman–Crippen LogP) is 0.174. The number of nitro groups is 1. The van der Waals surface area contributed by atoms with Crippen LogP contribution in [0.5, 0.6) is 0 Å². The molecule has 0 atom stereocenters. The Morgan fingerprint density at radius 2 is 2.18 bits per heavy atom. The summed E-state index contributed by atoms with van der Waals surface area (Å²) in [6, 6.07) is 2.84. The highest BCUT2D eigenvalue weighted by atomic mass is 16.6. The van der Waals surface area contributed by atoms with E-state index in [4.69, 9.17) is 11.5 Å². The normalized spacial score (nSPS) is 10.0. The molecule has 0 spiro atoms. The van der Waals surface area contributed by atoms with Gasteiger partial charge in [0.25, 0.3) is 11.6 Å². The van der Waals surface area contributed by atoms with Crippen LogP contribution in [0.25, 0.3) is 0 Å². The molecule has 0 radical (unpaired) electrons. The number of carbonyl (C=O) groups excluding carboxylic acids is 1. The average molecular weight is 238 g/mol. The van der Waals surface area contributed by atoms with E-state index in [0.717, 1.165) is 0 Å². The van der Waals surface area contributed by atoms with Crippen molar-refractivity contribution in [3.63, 3.8) is 0 Å². The molecule has 17 heavy (non-hydrogen) atoms. The van der Waals surface area contributed by atoms with E-state index in [1.54, 1.807) is 6.92 Å². The molecule has 0 aromatic heterocycles. The third-order valence-corrected chi connectivity index (χ3v) is 2.17. The second-order valence-electron chi connectivity index (χ2n) is 3.55. The Labute approximate surface area is 97.9 Å². The lowest BCUT2D eigenvalue weighted by molar-refractivity contribution is -0.384. The van der Waals surface area contributed by atoms with Crippen LogP contribution in [-0.2, 0) is 0 Å². The average Bonchev–Trinajstić information content (AvgIpc) is 2.28. The van der Waals surface area contributed by atoms with Crippen LogP contribution in [0.3, 0.4) is 0 Å². The van der Waals surface area contributed by atoms with E-state index in [2.05, 4.69) is 5.32 Å². The minimum atomic E-state index is -0.609. The zero-order valence-corrected chi connectivity index (χ0v) is 9.40. The number of nitrogen functional groups attached to an aromatic ring is 1. The van der Waals surface area contributed by atoms with Gasteiger partial charge in [-0.25, -0.2) is 0 Å². The second kappa shape index (κ2) is 5.26. The number of anilines is 1. The van der Waals surface area contributed by atoms with Gasteiger partial charge >= 0.3 is 0 Å². The van der Waals surface area contributed by atoms with Gasteiger partial charge < -0.3 is 16.8 Å². The Kier molecular flexibility index (Phi) is 4.00. The predicted molar refractivity (Wildman–Crippen MR) is 63.6 cm³/mol. The highest BCUT2D eigenvalue weighted by molar-refractivity contribution is 6.01. The number of amides is 1. The molecule has 1 aromatic carbocycles. The van der Waals surface area contributed by atoms with Crippen LogP contribution in [0, 0.1) is 17.0 Å². The van der Waals surface area contributed by atoms with Crippen LogP contribution < -0.4 is 16.8 Å². The zero-order valence-electron chi connectivity index (χ0n) is 9.40. The molecule has 1 amide bonds. The highest BCUT2D eigenvalue weighted by Crippen LogP contribution is 2.26. The van der Waals surface area contributed by atoms with Gasteiger partial charge in [0, 0.05) is 19.2 Å². The van der Waals surface area contributed by atoms with Gasteiger partial charge in [-0.2, -0.15) is 0 Å².